The van der Waals surface area contributed by atoms with Crippen LogP contribution in [0, 0.1) is 17.2 Å². The van der Waals surface area contributed by atoms with Gasteiger partial charge < -0.3 is 14.8 Å². The highest BCUT2D eigenvalue weighted by Gasteiger charge is 1.96. The summed E-state index contributed by atoms with van der Waals surface area (Å²) in [6.07, 6.45) is 1.12. The van der Waals surface area contributed by atoms with Crippen LogP contribution in [-0.4, -0.2) is 26.4 Å². The van der Waals surface area contributed by atoms with E-state index >= 15 is 0 Å². The SMILES string of the molecule is CC(C)CCOCCNCc1ccc(OCC#N)cc1. The predicted molar refractivity (Wildman–Crippen MR) is 79.5 cm³/mol. The normalized spacial score (nSPS) is 10.5. The van der Waals surface area contributed by atoms with Gasteiger partial charge in [-0.1, -0.05) is 26.0 Å². The average molecular weight is 276 g/mol. The first-order chi connectivity index (χ1) is 9.72. The summed E-state index contributed by atoms with van der Waals surface area (Å²) in [5.41, 5.74) is 1.19. The molecule has 0 aliphatic heterocycles. The first-order valence-corrected chi connectivity index (χ1v) is 7.09. The molecule has 0 saturated carbocycles. The highest BCUT2D eigenvalue weighted by molar-refractivity contribution is 5.27. The molecule has 0 atom stereocenters. The molecular weight excluding hydrogens is 252 g/mol. The lowest BCUT2D eigenvalue weighted by molar-refractivity contribution is 0.125. The molecule has 1 aromatic carbocycles. The molecule has 0 unspecified atom stereocenters. The molecule has 1 rings (SSSR count). The Morgan fingerprint density at radius 3 is 2.60 bits per heavy atom. The maximum atomic E-state index is 8.42. The minimum atomic E-state index is 0.0886. The predicted octanol–water partition coefficient (Wildman–Crippen LogP) is 2.74. The molecule has 4 nitrogen and oxygen atoms in total. The Hall–Kier alpha value is -1.57. The van der Waals surface area contributed by atoms with Crippen LogP contribution in [0.2, 0.25) is 0 Å². The van der Waals surface area contributed by atoms with Crippen LogP contribution >= 0.6 is 0 Å². The fourth-order valence-electron chi connectivity index (χ4n) is 1.62. The number of ether oxygens (including phenoxy) is 2. The van der Waals surface area contributed by atoms with Crippen molar-refractivity contribution in [1.29, 1.82) is 5.26 Å². The zero-order chi connectivity index (χ0) is 14.6. The first kappa shape index (κ1) is 16.5. The van der Waals surface area contributed by atoms with E-state index in [9.17, 15) is 0 Å². The van der Waals surface area contributed by atoms with Crippen LogP contribution < -0.4 is 10.1 Å². The molecule has 0 radical (unpaired) electrons. The molecule has 0 saturated heterocycles. The number of benzene rings is 1. The van der Waals surface area contributed by atoms with Gasteiger partial charge in [0.15, 0.2) is 6.61 Å². The molecule has 1 N–H and O–H groups in total. The summed E-state index contributed by atoms with van der Waals surface area (Å²) in [5, 5.41) is 11.8. The van der Waals surface area contributed by atoms with E-state index in [0.29, 0.717) is 5.92 Å². The van der Waals surface area contributed by atoms with Crippen LogP contribution in [0.5, 0.6) is 5.75 Å². The summed E-state index contributed by atoms with van der Waals surface area (Å²) in [5.74, 6) is 1.43. The second-order valence-corrected chi connectivity index (χ2v) is 5.06. The maximum Gasteiger partial charge on any atom is 0.174 e. The quantitative estimate of drug-likeness (QED) is 0.668. The third-order valence-electron chi connectivity index (χ3n) is 2.82. The van der Waals surface area contributed by atoms with Gasteiger partial charge in [-0.2, -0.15) is 5.26 Å². The summed E-state index contributed by atoms with van der Waals surface area (Å²) >= 11 is 0. The van der Waals surface area contributed by atoms with Crippen LogP contribution in [0.4, 0.5) is 0 Å². The number of hydrogen-bond donors (Lipinski definition) is 1. The van der Waals surface area contributed by atoms with Crippen LogP contribution in [-0.2, 0) is 11.3 Å². The molecule has 0 aliphatic carbocycles. The summed E-state index contributed by atoms with van der Waals surface area (Å²) in [4.78, 5) is 0. The Balaban J connectivity index is 2.08. The zero-order valence-electron chi connectivity index (χ0n) is 12.4. The van der Waals surface area contributed by atoms with Crippen LogP contribution in [0.15, 0.2) is 24.3 Å². The summed E-state index contributed by atoms with van der Waals surface area (Å²) in [6, 6.07) is 9.71. The third-order valence-corrected chi connectivity index (χ3v) is 2.82. The number of hydrogen-bond acceptors (Lipinski definition) is 4. The van der Waals surface area contributed by atoms with Crippen molar-refractivity contribution in [2.45, 2.75) is 26.8 Å². The van der Waals surface area contributed by atoms with E-state index < -0.39 is 0 Å². The van der Waals surface area contributed by atoms with Crippen molar-refractivity contribution in [1.82, 2.24) is 5.32 Å². The lowest BCUT2D eigenvalue weighted by Gasteiger charge is -2.08. The Labute approximate surface area is 121 Å². The maximum absolute atomic E-state index is 8.42. The molecule has 20 heavy (non-hydrogen) atoms. The van der Waals surface area contributed by atoms with Crippen LogP contribution in [0.25, 0.3) is 0 Å². The van der Waals surface area contributed by atoms with Gasteiger partial charge in [-0.15, -0.1) is 0 Å². The summed E-state index contributed by atoms with van der Waals surface area (Å²) < 4.78 is 10.7. The van der Waals surface area contributed by atoms with Crippen molar-refractivity contribution >= 4 is 0 Å². The highest BCUT2D eigenvalue weighted by atomic mass is 16.5. The Morgan fingerprint density at radius 1 is 1.20 bits per heavy atom. The van der Waals surface area contributed by atoms with Crippen molar-refractivity contribution < 1.29 is 9.47 Å². The fourth-order valence-corrected chi connectivity index (χ4v) is 1.62. The topological polar surface area (TPSA) is 54.3 Å². The average Bonchev–Trinajstić information content (AvgIpc) is 2.45. The van der Waals surface area contributed by atoms with Gasteiger partial charge in [0.05, 0.1) is 6.61 Å². The Morgan fingerprint density at radius 2 is 1.95 bits per heavy atom. The van der Waals surface area contributed by atoms with E-state index in [4.69, 9.17) is 14.7 Å². The molecule has 0 heterocycles. The number of rotatable bonds is 10. The highest BCUT2D eigenvalue weighted by Crippen LogP contribution is 2.11. The van der Waals surface area contributed by atoms with Gasteiger partial charge in [-0.05, 0) is 30.0 Å². The van der Waals surface area contributed by atoms with E-state index in [1.807, 2.05) is 30.3 Å². The van der Waals surface area contributed by atoms with Crippen LogP contribution in [0.1, 0.15) is 25.8 Å². The van der Waals surface area contributed by atoms with E-state index in [1.54, 1.807) is 0 Å². The van der Waals surface area contributed by atoms with Gasteiger partial charge in [0.2, 0.25) is 0 Å². The van der Waals surface area contributed by atoms with Gasteiger partial charge in [-0.3, -0.25) is 0 Å². The van der Waals surface area contributed by atoms with Crippen molar-refractivity contribution in [2.24, 2.45) is 5.92 Å². The lowest BCUT2D eigenvalue weighted by atomic mass is 10.1. The molecular formula is C16H24N2O2. The minimum Gasteiger partial charge on any atom is -0.479 e. The molecule has 0 aliphatic rings. The summed E-state index contributed by atoms with van der Waals surface area (Å²) in [7, 11) is 0. The van der Waals surface area contributed by atoms with E-state index in [-0.39, 0.29) is 6.61 Å². The van der Waals surface area contributed by atoms with Crippen molar-refractivity contribution in [3.63, 3.8) is 0 Å². The van der Waals surface area contributed by atoms with Gasteiger partial charge in [0.25, 0.3) is 0 Å². The molecule has 110 valence electrons. The fraction of sp³-hybridized carbons (Fsp3) is 0.562. The van der Waals surface area contributed by atoms with Gasteiger partial charge in [0, 0.05) is 19.7 Å². The van der Waals surface area contributed by atoms with E-state index in [0.717, 1.165) is 38.5 Å². The number of nitrogens with zero attached hydrogens (tertiary/aromatic N) is 1. The van der Waals surface area contributed by atoms with Crippen molar-refractivity contribution in [3.05, 3.63) is 29.8 Å². The standard InChI is InChI=1S/C16H24N2O2/c1-14(2)7-10-19-12-9-18-13-15-3-5-16(6-4-15)20-11-8-17/h3-6,14,18H,7,9-13H2,1-2H3. The van der Waals surface area contributed by atoms with E-state index in [1.165, 1.54) is 5.56 Å². The third kappa shape index (κ3) is 7.78. The first-order valence-electron chi connectivity index (χ1n) is 7.09. The van der Waals surface area contributed by atoms with Crippen molar-refractivity contribution in [3.8, 4) is 11.8 Å². The minimum absolute atomic E-state index is 0.0886. The second kappa shape index (κ2) is 10.2. The Kier molecular flexibility index (Phi) is 8.44. The van der Waals surface area contributed by atoms with Gasteiger partial charge in [0.1, 0.15) is 11.8 Å². The number of nitriles is 1. The van der Waals surface area contributed by atoms with Crippen molar-refractivity contribution in [2.75, 3.05) is 26.4 Å². The van der Waals surface area contributed by atoms with Gasteiger partial charge >= 0.3 is 0 Å². The second-order valence-electron chi connectivity index (χ2n) is 5.06. The van der Waals surface area contributed by atoms with Crippen LogP contribution in [0.3, 0.4) is 0 Å². The zero-order valence-corrected chi connectivity index (χ0v) is 12.4. The van der Waals surface area contributed by atoms with E-state index in [2.05, 4.69) is 19.2 Å². The molecule has 0 amide bonds. The molecule has 1 aromatic rings. The number of nitrogens with one attached hydrogen (secondary N) is 1. The molecule has 0 aromatic heterocycles. The molecule has 0 bridgehead atoms. The molecule has 0 spiro atoms. The largest absolute Gasteiger partial charge is 0.479 e. The Bertz CT molecular complexity index is 396. The monoisotopic (exact) mass is 276 g/mol. The lowest BCUT2D eigenvalue weighted by Crippen LogP contribution is -2.19. The summed E-state index contributed by atoms with van der Waals surface area (Å²) in [6.45, 7) is 7.74. The molecule has 4 heteroatoms. The molecule has 0 fully saturated rings. The smallest absolute Gasteiger partial charge is 0.174 e. The van der Waals surface area contributed by atoms with Gasteiger partial charge in [-0.25, -0.2) is 0 Å².